The number of aromatic nitrogens is 2. The van der Waals surface area contributed by atoms with Gasteiger partial charge < -0.3 is 14.7 Å². The Balaban J connectivity index is 1.39. The number of aromatic amines is 1. The van der Waals surface area contributed by atoms with Crippen LogP contribution < -0.4 is 5.32 Å². The van der Waals surface area contributed by atoms with E-state index in [2.05, 4.69) is 15.3 Å². The van der Waals surface area contributed by atoms with E-state index >= 15 is 0 Å². The van der Waals surface area contributed by atoms with Crippen molar-refractivity contribution in [3.63, 3.8) is 0 Å². The number of furan rings is 1. The van der Waals surface area contributed by atoms with Crippen molar-refractivity contribution >= 4 is 44.3 Å². The molecule has 1 aliphatic rings. The van der Waals surface area contributed by atoms with Crippen LogP contribution in [0.1, 0.15) is 29.2 Å². The van der Waals surface area contributed by atoms with Crippen LogP contribution >= 0.6 is 11.6 Å². The molecule has 10 heteroatoms. The number of amides is 1. The average molecular weight is 485 g/mol. The lowest BCUT2D eigenvalue weighted by Gasteiger charge is -2.14. The molecule has 0 bridgehead atoms. The second-order valence-corrected chi connectivity index (χ2v) is 10.2. The molecule has 2 aromatic carbocycles. The predicted octanol–water partition coefficient (Wildman–Crippen LogP) is 4.82. The van der Waals surface area contributed by atoms with Gasteiger partial charge in [-0.1, -0.05) is 23.7 Å². The van der Waals surface area contributed by atoms with E-state index in [0.29, 0.717) is 29.6 Å². The van der Waals surface area contributed by atoms with Gasteiger partial charge in [-0.15, -0.1) is 0 Å². The Labute approximate surface area is 195 Å². The minimum Gasteiger partial charge on any atom is -0.455 e. The summed E-state index contributed by atoms with van der Waals surface area (Å²) in [5.74, 6) is 0.218. The molecule has 2 aromatic heterocycles. The Kier molecular flexibility index (Phi) is 5.48. The molecule has 1 amide bonds. The molecule has 4 aromatic rings. The number of carbonyl (C=O) groups excluding carboxylic acids is 1. The van der Waals surface area contributed by atoms with Crippen LogP contribution in [0.5, 0.6) is 0 Å². The highest BCUT2D eigenvalue weighted by Crippen LogP contribution is 2.29. The number of nitrogens with zero attached hydrogens (tertiary/aromatic N) is 2. The number of hydrogen-bond acceptors (Lipinski definition) is 5. The maximum absolute atomic E-state index is 12.9. The summed E-state index contributed by atoms with van der Waals surface area (Å²) in [5, 5.41) is 3.34. The van der Waals surface area contributed by atoms with Gasteiger partial charge in [0.05, 0.1) is 16.1 Å². The van der Waals surface area contributed by atoms with Crippen LogP contribution in [-0.2, 0) is 10.0 Å². The largest absolute Gasteiger partial charge is 0.455 e. The summed E-state index contributed by atoms with van der Waals surface area (Å²) in [6.45, 7) is 2.51. The van der Waals surface area contributed by atoms with E-state index in [1.165, 1.54) is 10.4 Å². The third kappa shape index (κ3) is 4.03. The zero-order valence-corrected chi connectivity index (χ0v) is 19.3. The van der Waals surface area contributed by atoms with Crippen LogP contribution in [0.2, 0.25) is 5.02 Å². The lowest BCUT2D eigenvalue weighted by Crippen LogP contribution is -2.28. The number of hydrogen-bond donors (Lipinski definition) is 2. The molecule has 0 atom stereocenters. The maximum atomic E-state index is 12.9. The third-order valence-electron chi connectivity index (χ3n) is 5.65. The fourth-order valence-electron chi connectivity index (χ4n) is 3.96. The highest BCUT2D eigenvalue weighted by Gasteiger charge is 2.31. The molecule has 1 saturated heterocycles. The van der Waals surface area contributed by atoms with Crippen LogP contribution in [0, 0.1) is 6.92 Å². The molecule has 8 nitrogen and oxygen atoms in total. The van der Waals surface area contributed by atoms with Crippen molar-refractivity contribution in [2.45, 2.75) is 24.7 Å². The summed E-state index contributed by atoms with van der Waals surface area (Å²) < 4.78 is 32.6. The van der Waals surface area contributed by atoms with Gasteiger partial charge in [0.2, 0.25) is 10.0 Å². The van der Waals surface area contributed by atoms with Crippen LogP contribution in [0.4, 0.5) is 5.69 Å². The Morgan fingerprint density at radius 3 is 2.67 bits per heavy atom. The molecule has 2 N–H and O–H groups in total. The Morgan fingerprint density at radius 1 is 1.15 bits per heavy atom. The van der Waals surface area contributed by atoms with Gasteiger partial charge in [-0.3, -0.25) is 4.79 Å². The summed E-state index contributed by atoms with van der Waals surface area (Å²) in [6, 6.07) is 13.9. The minimum absolute atomic E-state index is 0.0305. The van der Waals surface area contributed by atoms with Crippen LogP contribution in [0.15, 0.2) is 57.8 Å². The molecule has 0 radical (unpaired) electrons. The Bertz CT molecular complexity index is 1470. The van der Waals surface area contributed by atoms with Crippen LogP contribution in [0.3, 0.4) is 0 Å². The van der Waals surface area contributed by atoms with Gasteiger partial charge in [0, 0.05) is 30.4 Å². The van der Waals surface area contributed by atoms with Gasteiger partial charge in [-0.05, 0) is 50.1 Å². The standard InChI is InChI=1S/C23H21ClN4O4S/c1-14-21(33(30,31)28-10-4-5-11-28)13-20(32-14)23(29)25-15-8-9-18-19(12-15)27-22(26-18)16-6-2-3-7-17(16)24/h2-3,6-9,12-13H,4-5,10-11H2,1H3,(H,25,29)(H,26,27). The van der Waals surface area contributed by atoms with Crippen molar-refractivity contribution in [2.24, 2.45) is 0 Å². The number of carbonyl (C=O) groups is 1. The van der Waals surface area contributed by atoms with E-state index in [-0.39, 0.29) is 16.4 Å². The number of H-pyrrole nitrogens is 1. The highest BCUT2D eigenvalue weighted by atomic mass is 35.5. The fourth-order valence-corrected chi connectivity index (χ4v) is 5.87. The summed E-state index contributed by atoms with van der Waals surface area (Å²) >= 11 is 6.27. The molecule has 33 heavy (non-hydrogen) atoms. The topological polar surface area (TPSA) is 108 Å². The second-order valence-electron chi connectivity index (χ2n) is 7.89. The molecule has 170 valence electrons. The highest BCUT2D eigenvalue weighted by molar-refractivity contribution is 7.89. The van der Waals surface area contributed by atoms with Gasteiger partial charge in [-0.2, -0.15) is 4.31 Å². The SMILES string of the molecule is Cc1oc(C(=O)Nc2ccc3nc(-c4ccccc4Cl)[nH]c3c2)cc1S(=O)(=O)N1CCCC1. The summed E-state index contributed by atoms with van der Waals surface area (Å²) in [4.78, 5) is 20.6. The quantitative estimate of drug-likeness (QED) is 0.422. The predicted molar refractivity (Wildman–Crippen MR) is 126 cm³/mol. The molecule has 5 rings (SSSR count). The van der Waals surface area contributed by atoms with E-state index in [4.69, 9.17) is 16.0 Å². The minimum atomic E-state index is -3.68. The number of fused-ring (bicyclic) bond motifs is 1. The first-order valence-electron chi connectivity index (χ1n) is 10.5. The van der Waals surface area contributed by atoms with Crippen molar-refractivity contribution in [3.8, 4) is 11.4 Å². The number of imidazole rings is 1. The van der Waals surface area contributed by atoms with E-state index in [1.54, 1.807) is 31.2 Å². The van der Waals surface area contributed by atoms with E-state index < -0.39 is 15.9 Å². The first kappa shape index (κ1) is 21.7. The van der Waals surface area contributed by atoms with Gasteiger partial charge in [0.25, 0.3) is 5.91 Å². The van der Waals surface area contributed by atoms with E-state index in [0.717, 1.165) is 29.4 Å². The van der Waals surface area contributed by atoms with E-state index in [1.807, 2.05) is 18.2 Å². The first-order valence-corrected chi connectivity index (χ1v) is 12.3. The first-order chi connectivity index (χ1) is 15.8. The average Bonchev–Trinajstić information content (AvgIpc) is 3.53. The normalized spacial score (nSPS) is 14.7. The summed E-state index contributed by atoms with van der Waals surface area (Å²) in [5.41, 5.74) is 2.73. The number of aryl methyl sites for hydroxylation is 1. The number of anilines is 1. The van der Waals surface area contributed by atoms with Crippen molar-refractivity contribution in [2.75, 3.05) is 18.4 Å². The molecular formula is C23H21ClN4O4S. The summed E-state index contributed by atoms with van der Waals surface area (Å²) in [6.07, 6.45) is 1.66. The maximum Gasteiger partial charge on any atom is 0.291 e. The molecule has 0 unspecified atom stereocenters. The number of sulfonamides is 1. The lowest BCUT2D eigenvalue weighted by molar-refractivity contribution is 0.0995. The third-order valence-corrected chi connectivity index (χ3v) is 7.98. The molecule has 3 heterocycles. The molecular weight excluding hydrogens is 464 g/mol. The Hall–Kier alpha value is -3.14. The fraction of sp³-hybridized carbons (Fsp3) is 0.217. The number of rotatable bonds is 5. The van der Waals surface area contributed by atoms with Crippen molar-refractivity contribution in [3.05, 3.63) is 65.1 Å². The van der Waals surface area contributed by atoms with Crippen molar-refractivity contribution in [1.29, 1.82) is 0 Å². The van der Waals surface area contributed by atoms with Crippen LogP contribution in [-0.4, -0.2) is 41.7 Å². The van der Waals surface area contributed by atoms with Gasteiger partial charge >= 0.3 is 0 Å². The smallest absolute Gasteiger partial charge is 0.291 e. The zero-order valence-electron chi connectivity index (χ0n) is 17.8. The summed E-state index contributed by atoms with van der Waals surface area (Å²) in [7, 11) is -3.68. The van der Waals surface area contributed by atoms with Crippen molar-refractivity contribution < 1.29 is 17.6 Å². The molecule has 1 fully saturated rings. The van der Waals surface area contributed by atoms with Crippen molar-refractivity contribution in [1.82, 2.24) is 14.3 Å². The lowest BCUT2D eigenvalue weighted by atomic mass is 10.2. The molecule has 1 aliphatic heterocycles. The Morgan fingerprint density at radius 2 is 1.91 bits per heavy atom. The number of benzene rings is 2. The van der Waals surface area contributed by atoms with E-state index in [9.17, 15) is 13.2 Å². The van der Waals surface area contributed by atoms with Gasteiger partial charge in [0.1, 0.15) is 16.5 Å². The van der Waals surface area contributed by atoms with Gasteiger partial charge in [-0.25, -0.2) is 13.4 Å². The second kappa shape index (κ2) is 8.33. The number of halogens is 1. The molecule has 0 aliphatic carbocycles. The van der Waals surface area contributed by atoms with Crippen LogP contribution in [0.25, 0.3) is 22.4 Å². The number of nitrogens with one attached hydrogen (secondary N) is 2. The molecule has 0 spiro atoms. The molecule has 0 saturated carbocycles. The monoisotopic (exact) mass is 484 g/mol. The van der Waals surface area contributed by atoms with Gasteiger partial charge in [0.15, 0.2) is 5.76 Å². The zero-order chi connectivity index (χ0) is 23.2.